The van der Waals surface area contributed by atoms with Crippen LogP contribution in [0.3, 0.4) is 0 Å². The summed E-state index contributed by atoms with van der Waals surface area (Å²) in [6.07, 6.45) is 4.34. The number of hydrogen-bond donors (Lipinski definition) is 2. The van der Waals surface area contributed by atoms with E-state index >= 15 is 0 Å². The lowest BCUT2D eigenvalue weighted by Crippen LogP contribution is -2.50. The summed E-state index contributed by atoms with van der Waals surface area (Å²) < 4.78 is 38.6. The molecule has 1 spiro atoms. The molecule has 1 fully saturated rings. The fourth-order valence-corrected chi connectivity index (χ4v) is 5.78. The quantitative estimate of drug-likeness (QED) is 0.461. The van der Waals surface area contributed by atoms with E-state index in [2.05, 4.69) is 10.0 Å². The number of anilines is 1. The van der Waals surface area contributed by atoms with Crippen LogP contribution >= 0.6 is 23.2 Å². The van der Waals surface area contributed by atoms with Crippen molar-refractivity contribution in [3.05, 3.63) is 51.5 Å². The van der Waals surface area contributed by atoms with Gasteiger partial charge in [-0.2, -0.15) is 0 Å². The van der Waals surface area contributed by atoms with Gasteiger partial charge in [-0.15, -0.1) is 0 Å². The maximum atomic E-state index is 13.5. The molecule has 2 unspecified atom stereocenters. The standard InChI is InChI=1S/C25H30Cl2N2O5S/c1-14(2)33-23-17(7-5-8-20(23)29-35(4,31)32)15(3)24(30)28-21-13-25(9-6-10-25)34-22-18(21)11-16(26)12-19(22)27/h5,7-8,11-12,14-15,21,29H,6,9-10,13H2,1-4H3,(H,28,30). The molecule has 1 heterocycles. The summed E-state index contributed by atoms with van der Waals surface area (Å²) in [6, 6.07) is 8.20. The Morgan fingerprint density at radius 2 is 1.91 bits per heavy atom. The van der Waals surface area contributed by atoms with E-state index in [1.807, 2.05) is 13.8 Å². The fourth-order valence-electron chi connectivity index (χ4n) is 4.67. The second kappa shape index (κ2) is 9.71. The largest absolute Gasteiger partial charge is 0.488 e. The smallest absolute Gasteiger partial charge is 0.229 e. The van der Waals surface area contributed by atoms with E-state index in [0.717, 1.165) is 31.1 Å². The Morgan fingerprint density at radius 1 is 1.20 bits per heavy atom. The number of rotatable bonds is 7. The van der Waals surface area contributed by atoms with Gasteiger partial charge in [0.05, 0.1) is 35.0 Å². The first kappa shape index (κ1) is 25.9. The molecule has 2 atom stereocenters. The maximum Gasteiger partial charge on any atom is 0.229 e. The molecule has 35 heavy (non-hydrogen) atoms. The number of halogens is 2. The summed E-state index contributed by atoms with van der Waals surface area (Å²) in [5, 5.41) is 4.07. The zero-order valence-corrected chi connectivity index (χ0v) is 22.5. The lowest BCUT2D eigenvalue weighted by Gasteiger charge is -2.48. The third-order valence-electron chi connectivity index (χ3n) is 6.44. The van der Waals surface area contributed by atoms with Crippen LogP contribution in [0.15, 0.2) is 30.3 Å². The molecular formula is C25H30Cl2N2O5S. The minimum absolute atomic E-state index is 0.224. The first-order valence-electron chi connectivity index (χ1n) is 11.6. The number of benzene rings is 2. The van der Waals surface area contributed by atoms with Crippen LogP contribution in [-0.2, 0) is 14.8 Å². The van der Waals surface area contributed by atoms with Gasteiger partial charge in [-0.1, -0.05) is 35.3 Å². The molecule has 1 aliphatic heterocycles. The third kappa shape index (κ3) is 5.65. The van der Waals surface area contributed by atoms with E-state index in [4.69, 9.17) is 32.7 Å². The monoisotopic (exact) mass is 540 g/mol. The van der Waals surface area contributed by atoms with Crippen LogP contribution in [0.4, 0.5) is 5.69 Å². The summed E-state index contributed by atoms with van der Waals surface area (Å²) in [7, 11) is -3.54. The number of sulfonamides is 1. The molecule has 4 rings (SSSR count). The number of hydrogen-bond acceptors (Lipinski definition) is 5. The second-order valence-electron chi connectivity index (χ2n) is 9.70. The first-order valence-corrected chi connectivity index (χ1v) is 14.3. The Hall–Kier alpha value is -2.16. The highest BCUT2D eigenvalue weighted by molar-refractivity contribution is 7.92. The lowest BCUT2D eigenvalue weighted by atomic mass is 9.73. The van der Waals surface area contributed by atoms with Gasteiger partial charge >= 0.3 is 0 Å². The average Bonchev–Trinajstić information content (AvgIpc) is 2.72. The van der Waals surface area contributed by atoms with Crippen molar-refractivity contribution in [3.8, 4) is 11.5 Å². The van der Waals surface area contributed by atoms with Gasteiger partial charge in [0.15, 0.2) is 0 Å². The number of amides is 1. The Balaban J connectivity index is 1.65. The molecule has 1 amide bonds. The molecule has 1 saturated carbocycles. The average molecular weight is 541 g/mol. The van der Waals surface area contributed by atoms with Gasteiger partial charge in [0.25, 0.3) is 0 Å². The number of fused-ring (bicyclic) bond motifs is 1. The topological polar surface area (TPSA) is 93.7 Å². The van der Waals surface area contributed by atoms with Gasteiger partial charge < -0.3 is 14.8 Å². The molecule has 0 saturated heterocycles. The molecule has 2 aliphatic rings. The first-order chi connectivity index (χ1) is 16.4. The summed E-state index contributed by atoms with van der Waals surface area (Å²) in [6.45, 7) is 5.46. The molecular weight excluding hydrogens is 511 g/mol. The number of carbonyl (C=O) groups excluding carboxylic acids is 1. The van der Waals surface area contributed by atoms with Gasteiger partial charge in [0, 0.05) is 22.6 Å². The van der Waals surface area contributed by atoms with Crippen molar-refractivity contribution in [2.75, 3.05) is 11.0 Å². The van der Waals surface area contributed by atoms with Gasteiger partial charge in [0.2, 0.25) is 15.9 Å². The van der Waals surface area contributed by atoms with Crippen LogP contribution < -0.4 is 19.5 Å². The molecule has 190 valence electrons. The lowest BCUT2D eigenvalue weighted by molar-refractivity contribution is -0.124. The Morgan fingerprint density at radius 3 is 2.51 bits per heavy atom. The van der Waals surface area contributed by atoms with Crippen molar-refractivity contribution in [1.29, 1.82) is 0 Å². The molecule has 0 aromatic heterocycles. The van der Waals surface area contributed by atoms with Crippen molar-refractivity contribution in [2.45, 2.75) is 70.1 Å². The minimum atomic E-state index is -3.54. The van der Waals surface area contributed by atoms with Crippen LogP contribution in [0.2, 0.25) is 10.0 Å². The van der Waals surface area contributed by atoms with E-state index in [1.165, 1.54) is 0 Å². The van der Waals surface area contributed by atoms with Gasteiger partial charge in [-0.25, -0.2) is 8.42 Å². The van der Waals surface area contributed by atoms with Crippen molar-refractivity contribution in [1.82, 2.24) is 5.32 Å². The fraction of sp³-hybridized carbons (Fsp3) is 0.480. The second-order valence-corrected chi connectivity index (χ2v) is 12.3. The van der Waals surface area contributed by atoms with E-state index < -0.39 is 15.9 Å². The highest BCUT2D eigenvalue weighted by atomic mass is 35.5. The zero-order chi connectivity index (χ0) is 25.5. The van der Waals surface area contributed by atoms with Gasteiger partial charge in [-0.05, 0) is 58.2 Å². The van der Waals surface area contributed by atoms with E-state index in [9.17, 15) is 13.2 Å². The van der Waals surface area contributed by atoms with E-state index in [1.54, 1.807) is 37.3 Å². The van der Waals surface area contributed by atoms with Gasteiger partial charge in [0.1, 0.15) is 17.1 Å². The summed E-state index contributed by atoms with van der Waals surface area (Å²) in [5.74, 6) is 0.0644. The molecule has 2 aromatic carbocycles. The number of nitrogens with one attached hydrogen (secondary N) is 2. The normalized spacial score (nSPS) is 19.3. The molecule has 10 heteroatoms. The molecule has 2 N–H and O–H groups in total. The molecule has 0 radical (unpaired) electrons. The van der Waals surface area contributed by atoms with Crippen LogP contribution in [0.25, 0.3) is 0 Å². The van der Waals surface area contributed by atoms with E-state index in [-0.39, 0.29) is 23.7 Å². The van der Waals surface area contributed by atoms with Crippen LogP contribution in [0.1, 0.15) is 69.5 Å². The van der Waals surface area contributed by atoms with Crippen LogP contribution in [-0.4, -0.2) is 32.3 Å². The Labute approximate surface area is 216 Å². The predicted molar refractivity (Wildman–Crippen MR) is 138 cm³/mol. The summed E-state index contributed by atoms with van der Waals surface area (Å²) >= 11 is 12.7. The minimum Gasteiger partial charge on any atom is -0.488 e. The third-order valence-corrected chi connectivity index (χ3v) is 7.53. The van der Waals surface area contributed by atoms with Crippen LogP contribution in [0, 0.1) is 0 Å². The summed E-state index contributed by atoms with van der Waals surface area (Å²) in [4.78, 5) is 13.5. The van der Waals surface area contributed by atoms with Gasteiger partial charge in [-0.3, -0.25) is 9.52 Å². The number of carbonyl (C=O) groups is 1. The molecule has 1 aliphatic carbocycles. The highest BCUT2D eigenvalue weighted by Crippen LogP contribution is 2.52. The maximum absolute atomic E-state index is 13.5. The Kier molecular flexibility index (Phi) is 7.19. The SMILES string of the molecule is CC(C)Oc1c(NS(C)(=O)=O)cccc1C(C)C(=O)NC1CC2(CCC2)Oc2c(Cl)cc(Cl)cc21. The molecule has 0 bridgehead atoms. The molecule has 2 aromatic rings. The van der Waals surface area contributed by atoms with Crippen LogP contribution in [0.5, 0.6) is 11.5 Å². The number of ether oxygens (including phenoxy) is 2. The van der Waals surface area contributed by atoms with Crippen molar-refractivity contribution < 1.29 is 22.7 Å². The highest BCUT2D eigenvalue weighted by Gasteiger charge is 2.47. The van der Waals surface area contributed by atoms with E-state index in [0.29, 0.717) is 39.2 Å². The summed E-state index contributed by atoms with van der Waals surface area (Å²) in [5.41, 5.74) is 1.30. The Bertz CT molecular complexity index is 1240. The zero-order valence-electron chi connectivity index (χ0n) is 20.2. The van der Waals surface area contributed by atoms with Crippen molar-refractivity contribution in [2.24, 2.45) is 0 Å². The predicted octanol–water partition coefficient (Wildman–Crippen LogP) is 5.82. The molecule has 7 nitrogen and oxygen atoms in total. The number of para-hydroxylation sites is 1. The van der Waals surface area contributed by atoms with Crippen molar-refractivity contribution >= 4 is 44.8 Å². The van der Waals surface area contributed by atoms with Crippen molar-refractivity contribution in [3.63, 3.8) is 0 Å².